The number of piperidine rings is 1. The van der Waals surface area contributed by atoms with E-state index >= 15 is 0 Å². The Hall–Kier alpha value is -1.31. The highest BCUT2D eigenvalue weighted by Crippen LogP contribution is 2.36. The third kappa shape index (κ3) is 5.59. The predicted molar refractivity (Wildman–Crippen MR) is 97.4 cm³/mol. The molecule has 2 atom stereocenters. The molecule has 0 aromatic heterocycles. The molecule has 0 saturated carbocycles. The Morgan fingerprint density at radius 2 is 2.12 bits per heavy atom. The van der Waals surface area contributed by atoms with Crippen LogP contribution in [0.1, 0.15) is 25.3 Å². The Labute approximate surface area is 157 Å². The fourth-order valence-electron chi connectivity index (χ4n) is 3.38. The molecule has 0 bridgehead atoms. The summed E-state index contributed by atoms with van der Waals surface area (Å²) in [6, 6.07) is 2.86. The molecule has 1 aliphatic rings. The quantitative estimate of drug-likeness (QED) is 0.825. The summed E-state index contributed by atoms with van der Waals surface area (Å²) < 4.78 is 39.5. The van der Waals surface area contributed by atoms with Gasteiger partial charge in [0.1, 0.15) is 0 Å². The van der Waals surface area contributed by atoms with Gasteiger partial charge in [0.25, 0.3) is 0 Å². The minimum Gasteiger partial charge on any atom is -0.324 e. The van der Waals surface area contributed by atoms with E-state index in [9.17, 15) is 18.0 Å². The van der Waals surface area contributed by atoms with Crippen molar-refractivity contribution in [3.63, 3.8) is 0 Å². The molecule has 1 saturated heterocycles. The normalized spacial score (nSPS) is 20.2. The van der Waals surface area contributed by atoms with Crippen LogP contribution in [0.4, 0.5) is 18.9 Å². The van der Waals surface area contributed by atoms with Crippen LogP contribution in [0, 0.1) is 5.92 Å². The molecule has 1 heterocycles. The molecule has 1 aromatic carbocycles. The zero-order chi connectivity index (χ0) is 19.5. The minimum absolute atomic E-state index is 0.0223. The van der Waals surface area contributed by atoms with E-state index in [-0.39, 0.29) is 10.7 Å². The molecule has 146 valence electrons. The number of nitrogens with zero attached hydrogens (tertiary/aromatic N) is 2. The number of halogens is 4. The summed E-state index contributed by atoms with van der Waals surface area (Å²) in [6.07, 6.45) is -2.51. The topological polar surface area (TPSA) is 35.6 Å². The first kappa shape index (κ1) is 21.0. The van der Waals surface area contributed by atoms with E-state index in [0.29, 0.717) is 5.92 Å². The molecule has 1 fully saturated rings. The Bertz CT molecular complexity index is 637. The van der Waals surface area contributed by atoms with Crippen molar-refractivity contribution in [2.45, 2.75) is 32.0 Å². The Kier molecular flexibility index (Phi) is 6.93. The molecular formula is C18H25ClF3N3O. The van der Waals surface area contributed by atoms with E-state index in [1.807, 2.05) is 19.0 Å². The molecule has 0 unspecified atom stereocenters. The lowest BCUT2D eigenvalue weighted by Gasteiger charge is -2.37. The molecule has 1 amide bonds. The monoisotopic (exact) mass is 391 g/mol. The zero-order valence-corrected chi connectivity index (χ0v) is 16.0. The molecule has 0 radical (unpaired) electrons. The van der Waals surface area contributed by atoms with Crippen LogP contribution in [0.3, 0.4) is 0 Å². The van der Waals surface area contributed by atoms with Crippen LogP contribution in [0.5, 0.6) is 0 Å². The number of likely N-dealkylation sites (tertiary alicyclic amines) is 1. The Morgan fingerprint density at radius 1 is 1.42 bits per heavy atom. The smallest absolute Gasteiger partial charge is 0.324 e. The maximum atomic E-state index is 13.2. The Balaban J connectivity index is 2.08. The molecule has 26 heavy (non-hydrogen) atoms. The lowest BCUT2D eigenvalue weighted by Crippen LogP contribution is -2.48. The highest BCUT2D eigenvalue weighted by molar-refractivity contribution is 6.30. The maximum Gasteiger partial charge on any atom is 0.418 e. The van der Waals surface area contributed by atoms with E-state index in [1.165, 1.54) is 12.1 Å². The fourth-order valence-corrected chi connectivity index (χ4v) is 3.55. The van der Waals surface area contributed by atoms with Gasteiger partial charge in [-0.1, -0.05) is 11.6 Å². The van der Waals surface area contributed by atoms with Crippen LogP contribution >= 0.6 is 11.6 Å². The molecule has 8 heteroatoms. The van der Waals surface area contributed by atoms with Crippen LogP contribution in [-0.4, -0.2) is 55.5 Å². The molecule has 1 N–H and O–H groups in total. The average molecular weight is 392 g/mol. The van der Waals surface area contributed by atoms with Gasteiger partial charge >= 0.3 is 6.18 Å². The zero-order valence-electron chi connectivity index (χ0n) is 15.2. The lowest BCUT2D eigenvalue weighted by atomic mass is 9.96. The summed E-state index contributed by atoms with van der Waals surface area (Å²) in [5.41, 5.74) is -1.20. The third-order valence-corrected chi connectivity index (χ3v) is 4.88. The molecule has 0 spiro atoms. The number of alkyl halides is 3. The van der Waals surface area contributed by atoms with Crippen molar-refractivity contribution in [2.24, 2.45) is 5.92 Å². The van der Waals surface area contributed by atoms with Gasteiger partial charge in [-0.3, -0.25) is 9.69 Å². The summed E-state index contributed by atoms with van der Waals surface area (Å²) >= 11 is 5.68. The fraction of sp³-hybridized carbons (Fsp3) is 0.611. The average Bonchev–Trinajstić information content (AvgIpc) is 2.54. The van der Waals surface area contributed by atoms with Gasteiger partial charge in [-0.05, 0) is 64.5 Å². The van der Waals surface area contributed by atoms with E-state index in [4.69, 9.17) is 11.6 Å². The standard InChI is InChI=1S/C18H25ClF3N3O/c1-12(25-8-4-5-13(11-25)10-24(2)3)17(26)23-16-7-6-14(19)9-15(16)18(20,21)22/h6-7,9,12-13H,4-5,8,10-11H2,1-3H3,(H,23,26)/t12-,13+/m0/s1. The van der Waals surface area contributed by atoms with E-state index < -0.39 is 23.7 Å². The highest BCUT2D eigenvalue weighted by Gasteiger charge is 2.35. The summed E-state index contributed by atoms with van der Waals surface area (Å²) in [5, 5.41) is 2.41. The van der Waals surface area contributed by atoms with Gasteiger partial charge in [0, 0.05) is 18.1 Å². The van der Waals surface area contributed by atoms with Gasteiger partial charge in [-0.25, -0.2) is 0 Å². The van der Waals surface area contributed by atoms with Gasteiger partial charge in [-0.2, -0.15) is 13.2 Å². The second kappa shape index (κ2) is 8.59. The van der Waals surface area contributed by atoms with E-state index in [0.717, 1.165) is 38.5 Å². The van der Waals surface area contributed by atoms with Crippen molar-refractivity contribution in [3.8, 4) is 0 Å². The number of carbonyl (C=O) groups is 1. The SMILES string of the molecule is C[C@@H](C(=O)Nc1ccc(Cl)cc1C(F)(F)F)N1CCC[C@H](CN(C)C)C1. The number of hydrogen-bond acceptors (Lipinski definition) is 3. The van der Waals surface area contributed by atoms with Crippen molar-refractivity contribution in [3.05, 3.63) is 28.8 Å². The first-order chi connectivity index (χ1) is 12.1. The predicted octanol–water partition coefficient (Wildman–Crippen LogP) is 3.96. The van der Waals surface area contributed by atoms with Gasteiger partial charge < -0.3 is 10.2 Å². The molecule has 1 aromatic rings. The minimum atomic E-state index is -4.58. The number of rotatable bonds is 5. The second-order valence-corrected chi connectivity index (χ2v) is 7.55. The first-order valence-corrected chi connectivity index (χ1v) is 9.02. The largest absolute Gasteiger partial charge is 0.418 e. The van der Waals surface area contributed by atoms with Crippen molar-refractivity contribution in [2.75, 3.05) is 39.0 Å². The third-order valence-electron chi connectivity index (χ3n) is 4.65. The Morgan fingerprint density at radius 3 is 2.73 bits per heavy atom. The van der Waals surface area contributed by atoms with Crippen LogP contribution in [0.2, 0.25) is 5.02 Å². The van der Waals surface area contributed by atoms with E-state index in [1.54, 1.807) is 6.92 Å². The van der Waals surface area contributed by atoms with Gasteiger partial charge in [0.15, 0.2) is 0 Å². The molecule has 1 aliphatic heterocycles. The van der Waals surface area contributed by atoms with Crippen molar-refractivity contribution in [1.29, 1.82) is 0 Å². The number of carbonyl (C=O) groups excluding carboxylic acids is 1. The van der Waals surface area contributed by atoms with Crippen LogP contribution in [0.15, 0.2) is 18.2 Å². The molecule has 2 rings (SSSR count). The van der Waals surface area contributed by atoms with Crippen LogP contribution in [-0.2, 0) is 11.0 Å². The summed E-state index contributed by atoms with van der Waals surface area (Å²) in [4.78, 5) is 16.7. The van der Waals surface area contributed by atoms with E-state index in [2.05, 4.69) is 10.2 Å². The number of anilines is 1. The summed E-state index contributed by atoms with van der Waals surface area (Å²) in [5.74, 6) is 0.0126. The van der Waals surface area contributed by atoms with Gasteiger partial charge in [0.2, 0.25) is 5.91 Å². The number of benzene rings is 1. The van der Waals surface area contributed by atoms with Gasteiger partial charge in [0.05, 0.1) is 17.3 Å². The highest BCUT2D eigenvalue weighted by atomic mass is 35.5. The summed E-state index contributed by atoms with van der Waals surface area (Å²) in [6.45, 7) is 4.20. The molecule has 4 nitrogen and oxygen atoms in total. The number of hydrogen-bond donors (Lipinski definition) is 1. The van der Waals surface area contributed by atoms with Crippen molar-refractivity contribution < 1.29 is 18.0 Å². The van der Waals surface area contributed by atoms with Crippen LogP contribution < -0.4 is 5.32 Å². The number of nitrogens with one attached hydrogen (secondary N) is 1. The van der Waals surface area contributed by atoms with Crippen molar-refractivity contribution >= 4 is 23.2 Å². The maximum absolute atomic E-state index is 13.2. The first-order valence-electron chi connectivity index (χ1n) is 8.64. The van der Waals surface area contributed by atoms with Crippen LogP contribution in [0.25, 0.3) is 0 Å². The summed E-state index contributed by atoms with van der Waals surface area (Å²) in [7, 11) is 4.02. The number of amides is 1. The molecular weight excluding hydrogens is 367 g/mol. The second-order valence-electron chi connectivity index (χ2n) is 7.12. The molecule has 0 aliphatic carbocycles. The lowest BCUT2D eigenvalue weighted by molar-refractivity contribution is -0.137. The van der Waals surface area contributed by atoms with Crippen molar-refractivity contribution in [1.82, 2.24) is 9.80 Å². The van der Waals surface area contributed by atoms with Gasteiger partial charge in [-0.15, -0.1) is 0 Å².